The second-order valence-corrected chi connectivity index (χ2v) is 2.96. The molecule has 0 spiro atoms. The number of hydrogen-bond acceptors (Lipinski definition) is 4. The standard InChI is InChI=1S/C10H16O4/c1-8(7-10(12)13-3)5-4-6-14-9(2)11/h7H,4-6H2,1-3H3/b8-7+. The molecule has 0 saturated heterocycles. The molecule has 4 nitrogen and oxygen atoms in total. The molecule has 4 heteroatoms. The Morgan fingerprint density at radius 2 is 1.93 bits per heavy atom. The quantitative estimate of drug-likeness (QED) is 0.383. The fraction of sp³-hybridized carbons (Fsp3) is 0.600. The minimum Gasteiger partial charge on any atom is -0.466 e. The first-order chi connectivity index (χ1) is 6.56. The summed E-state index contributed by atoms with van der Waals surface area (Å²) in [5.41, 5.74) is 0.920. The van der Waals surface area contributed by atoms with Crippen molar-refractivity contribution in [3.8, 4) is 0 Å². The number of ether oxygens (including phenoxy) is 2. The number of methoxy groups -OCH3 is 1. The Morgan fingerprint density at radius 3 is 2.43 bits per heavy atom. The lowest BCUT2D eigenvalue weighted by Gasteiger charge is -2.02. The molecule has 0 N–H and O–H groups in total. The minimum absolute atomic E-state index is 0.278. The summed E-state index contributed by atoms with van der Waals surface area (Å²) < 4.78 is 9.21. The zero-order valence-electron chi connectivity index (χ0n) is 8.83. The van der Waals surface area contributed by atoms with E-state index in [2.05, 4.69) is 4.74 Å². The average Bonchev–Trinajstić information content (AvgIpc) is 2.12. The molecule has 0 radical (unpaired) electrons. The van der Waals surface area contributed by atoms with E-state index in [-0.39, 0.29) is 11.9 Å². The van der Waals surface area contributed by atoms with Crippen LogP contribution in [-0.4, -0.2) is 25.7 Å². The van der Waals surface area contributed by atoms with Crippen molar-refractivity contribution in [2.45, 2.75) is 26.7 Å². The predicted molar refractivity (Wildman–Crippen MR) is 51.6 cm³/mol. The van der Waals surface area contributed by atoms with Gasteiger partial charge < -0.3 is 9.47 Å². The Labute approximate surface area is 83.9 Å². The minimum atomic E-state index is -0.352. The Balaban J connectivity index is 3.63. The van der Waals surface area contributed by atoms with Crippen molar-refractivity contribution in [3.05, 3.63) is 11.6 Å². The zero-order valence-corrected chi connectivity index (χ0v) is 8.83. The Morgan fingerprint density at radius 1 is 1.29 bits per heavy atom. The molecule has 0 fully saturated rings. The Kier molecular flexibility index (Phi) is 6.45. The smallest absolute Gasteiger partial charge is 0.330 e. The molecule has 0 saturated carbocycles. The molecule has 0 aromatic rings. The highest BCUT2D eigenvalue weighted by Crippen LogP contribution is 2.04. The van der Waals surface area contributed by atoms with E-state index < -0.39 is 0 Å². The maximum absolute atomic E-state index is 10.8. The van der Waals surface area contributed by atoms with Crippen LogP contribution in [0.15, 0.2) is 11.6 Å². The number of hydrogen-bond donors (Lipinski definition) is 0. The monoisotopic (exact) mass is 200 g/mol. The van der Waals surface area contributed by atoms with Gasteiger partial charge in [-0.2, -0.15) is 0 Å². The van der Waals surface area contributed by atoms with Crippen LogP contribution in [0.4, 0.5) is 0 Å². The average molecular weight is 200 g/mol. The molecular weight excluding hydrogens is 184 g/mol. The maximum Gasteiger partial charge on any atom is 0.330 e. The van der Waals surface area contributed by atoms with Gasteiger partial charge in [-0.05, 0) is 19.8 Å². The highest BCUT2D eigenvalue weighted by atomic mass is 16.5. The SMILES string of the molecule is COC(=O)/C=C(\C)CCCOC(C)=O. The van der Waals surface area contributed by atoms with Gasteiger partial charge in [0.25, 0.3) is 0 Å². The van der Waals surface area contributed by atoms with E-state index in [1.54, 1.807) is 0 Å². The van der Waals surface area contributed by atoms with Crippen LogP contribution in [0.5, 0.6) is 0 Å². The van der Waals surface area contributed by atoms with E-state index in [9.17, 15) is 9.59 Å². The van der Waals surface area contributed by atoms with Crippen LogP contribution in [0.3, 0.4) is 0 Å². The van der Waals surface area contributed by atoms with Gasteiger partial charge >= 0.3 is 11.9 Å². The third-order valence-electron chi connectivity index (χ3n) is 1.59. The van der Waals surface area contributed by atoms with Crippen molar-refractivity contribution >= 4 is 11.9 Å². The predicted octanol–water partition coefficient (Wildman–Crippen LogP) is 1.45. The van der Waals surface area contributed by atoms with E-state index in [0.717, 1.165) is 18.4 Å². The van der Waals surface area contributed by atoms with Gasteiger partial charge in [-0.25, -0.2) is 4.79 Å². The molecular formula is C10H16O4. The number of carbonyl (C=O) groups is 2. The second kappa shape index (κ2) is 7.12. The topological polar surface area (TPSA) is 52.6 Å². The molecule has 0 unspecified atom stereocenters. The van der Waals surface area contributed by atoms with E-state index in [0.29, 0.717) is 6.61 Å². The van der Waals surface area contributed by atoms with Gasteiger partial charge in [0, 0.05) is 13.0 Å². The lowest BCUT2D eigenvalue weighted by atomic mass is 10.1. The highest BCUT2D eigenvalue weighted by molar-refractivity contribution is 5.82. The first-order valence-electron chi connectivity index (χ1n) is 4.44. The van der Waals surface area contributed by atoms with Crippen LogP contribution < -0.4 is 0 Å². The molecule has 80 valence electrons. The van der Waals surface area contributed by atoms with Crippen LogP contribution in [0, 0.1) is 0 Å². The van der Waals surface area contributed by atoms with Gasteiger partial charge in [-0.1, -0.05) is 5.57 Å². The van der Waals surface area contributed by atoms with Crippen LogP contribution in [-0.2, 0) is 19.1 Å². The van der Waals surface area contributed by atoms with Crippen LogP contribution in [0.25, 0.3) is 0 Å². The highest BCUT2D eigenvalue weighted by Gasteiger charge is 1.98. The third-order valence-corrected chi connectivity index (χ3v) is 1.59. The summed E-state index contributed by atoms with van der Waals surface area (Å²) in [6, 6.07) is 0. The molecule has 0 aliphatic heterocycles. The molecule has 0 aliphatic rings. The van der Waals surface area contributed by atoms with E-state index in [1.165, 1.54) is 20.1 Å². The molecule has 0 heterocycles. The number of esters is 2. The van der Waals surface area contributed by atoms with Gasteiger partial charge in [0.15, 0.2) is 0 Å². The number of rotatable bonds is 5. The van der Waals surface area contributed by atoms with Gasteiger partial charge in [-0.15, -0.1) is 0 Å². The lowest BCUT2D eigenvalue weighted by molar-refractivity contribution is -0.141. The first kappa shape index (κ1) is 12.7. The Hall–Kier alpha value is -1.32. The normalized spacial score (nSPS) is 10.9. The fourth-order valence-electron chi connectivity index (χ4n) is 0.899. The molecule has 0 aliphatic carbocycles. The van der Waals surface area contributed by atoms with E-state index >= 15 is 0 Å². The maximum atomic E-state index is 10.8. The van der Waals surface area contributed by atoms with Crippen molar-refractivity contribution in [2.24, 2.45) is 0 Å². The third kappa shape index (κ3) is 7.34. The zero-order chi connectivity index (χ0) is 11.0. The molecule has 0 amide bonds. The molecule has 0 atom stereocenters. The summed E-state index contributed by atoms with van der Waals surface area (Å²) in [7, 11) is 1.34. The second-order valence-electron chi connectivity index (χ2n) is 2.96. The summed E-state index contributed by atoms with van der Waals surface area (Å²) in [4.78, 5) is 21.2. The molecule has 0 aromatic heterocycles. The van der Waals surface area contributed by atoms with Crippen LogP contribution in [0.1, 0.15) is 26.7 Å². The van der Waals surface area contributed by atoms with Crippen molar-refractivity contribution in [3.63, 3.8) is 0 Å². The van der Waals surface area contributed by atoms with Crippen LogP contribution in [0.2, 0.25) is 0 Å². The number of carbonyl (C=O) groups excluding carboxylic acids is 2. The molecule has 0 rings (SSSR count). The molecule has 14 heavy (non-hydrogen) atoms. The van der Waals surface area contributed by atoms with Crippen molar-refractivity contribution in [1.29, 1.82) is 0 Å². The lowest BCUT2D eigenvalue weighted by Crippen LogP contribution is -2.01. The summed E-state index contributed by atoms with van der Waals surface area (Å²) in [5, 5.41) is 0. The summed E-state index contributed by atoms with van der Waals surface area (Å²) in [5.74, 6) is -0.630. The Bertz CT molecular complexity index is 230. The van der Waals surface area contributed by atoms with Crippen molar-refractivity contribution in [2.75, 3.05) is 13.7 Å². The summed E-state index contributed by atoms with van der Waals surface area (Å²) in [6.45, 7) is 3.60. The molecule has 0 bridgehead atoms. The van der Waals surface area contributed by atoms with Gasteiger partial charge in [0.05, 0.1) is 13.7 Å². The van der Waals surface area contributed by atoms with E-state index in [1.807, 2.05) is 6.92 Å². The fourth-order valence-corrected chi connectivity index (χ4v) is 0.899. The van der Waals surface area contributed by atoms with Crippen molar-refractivity contribution < 1.29 is 19.1 Å². The van der Waals surface area contributed by atoms with Gasteiger partial charge in [0.1, 0.15) is 0 Å². The molecule has 0 aromatic carbocycles. The largest absolute Gasteiger partial charge is 0.466 e. The number of allylic oxidation sites excluding steroid dienone is 1. The summed E-state index contributed by atoms with van der Waals surface area (Å²) >= 11 is 0. The summed E-state index contributed by atoms with van der Waals surface area (Å²) in [6.07, 6.45) is 2.88. The van der Waals surface area contributed by atoms with Crippen molar-refractivity contribution in [1.82, 2.24) is 0 Å². The van der Waals surface area contributed by atoms with E-state index in [4.69, 9.17) is 4.74 Å². The van der Waals surface area contributed by atoms with Gasteiger partial charge in [-0.3, -0.25) is 4.79 Å². The first-order valence-corrected chi connectivity index (χ1v) is 4.44. The van der Waals surface area contributed by atoms with Crippen LogP contribution >= 0.6 is 0 Å². The van der Waals surface area contributed by atoms with Gasteiger partial charge in [0.2, 0.25) is 0 Å².